The molecule has 0 aliphatic carbocycles. The summed E-state index contributed by atoms with van der Waals surface area (Å²) in [7, 11) is 0. The summed E-state index contributed by atoms with van der Waals surface area (Å²) in [5, 5.41) is 10.5. The number of hydrogen-bond donors (Lipinski definition) is 1. The lowest BCUT2D eigenvalue weighted by Gasteiger charge is -1.91. The van der Waals surface area contributed by atoms with Crippen molar-refractivity contribution in [2.45, 2.75) is 6.92 Å². The van der Waals surface area contributed by atoms with Crippen LogP contribution in [0.4, 0.5) is 0 Å². The molecule has 0 aliphatic rings. The Morgan fingerprint density at radius 1 is 1.62 bits per heavy atom. The van der Waals surface area contributed by atoms with Crippen LogP contribution < -0.4 is 5.43 Å². The summed E-state index contributed by atoms with van der Waals surface area (Å²) < 4.78 is 0.636. The zero-order valence-electron chi connectivity index (χ0n) is 6.92. The Kier molecular flexibility index (Phi) is 1.67. The van der Waals surface area contributed by atoms with Crippen molar-refractivity contribution < 1.29 is 0 Å². The predicted octanol–water partition coefficient (Wildman–Crippen LogP) is 1.77. The molecule has 0 spiro atoms. The number of nitrogens with one attached hydrogen (secondary N) is 1. The van der Waals surface area contributed by atoms with Crippen molar-refractivity contribution in [2.24, 2.45) is 0 Å². The molecule has 1 N–H and O–H groups in total. The van der Waals surface area contributed by atoms with E-state index in [1.165, 1.54) is 17.5 Å². The minimum atomic E-state index is -0.172. The highest BCUT2D eigenvalue weighted by atomic mass is 32.1. The first-order valence-corrected chi connectivity index (χ1v) is 4.61. The molecule has 2 aromatic rings. The second kappa shape index (κ2) is 2.71. The third kappa shape index (κ3) is 1.05. The Labute approximate surface area is 78.3 Å². The lowest BCUT2D eigenvalue weighted by Crippen LogP contribution is -2.04. The summed E-state index contributed by atoms with van der Waals surface area (Å²) in [5.74, 6) is 0. The Bertz CT molecular complexity index is 559. The van der Waals surface area contributed by atoms with Gasteiger partial charge in [0.15, 0.2) is 0 Å². The van der Waals surface area contributed by atoms with E-state index in [2.05, 4.69) is 4.98 Å². The van der Waals surface area contributed by atoms with Crippen LogP contribution in [0.3, 0.4) is 0 Å². The van der Waals surface area contributed by atoms with Gasteiger partial charge in [0.2, 0.25) is 5.43 Å². The van der Waals surface area contributed by atoms with Crippen molar-refractivity contribution in [1.82, 2.24) is 4.98 Å². The maximum atomic E-state index is 11.5. The van der Waals surface area contributed by atoms with Gasteiger partial charge in [-0.2, -0.15) is 5.26 Å². The van der Waals surface area contributed by atoms with Crippen molar-refractivity contribution in [3.63, 3.8) is 0 Å². The highest BCUT2D eigenvalue weighted by Gasteiger charge is 2.07. The molecule has 3 nitrogen and oxygen atoms in total. The molecule has 0 aromatic carbocycles. The zero-order valence-corrected chi connectivity index (χ0v) is 7.73. The van der Waals surface area contributed by atoms with Crippen LogP contribution in [0.5, 0.6) is 0 Å². The van der Waals surface area contributed by atoms with Crippen molar-refractivity contribution in [2.75, 3.05) is 0 Å². The van der Waals surface area contributed by atoms with Gasteiger partial charge in [0.1, 0.15) is 11.6 Å². The van der Waals surface area contributed by atoms with Gasteiger partial charge in [-0.05, 0) is 17.9 Å². The number of nitrogens with zero attached hydrogens (tertiary/aromatic N) is 1. The number of fused-ring (bicyclic) bond motifs is 1. The van der Waals surface area contributed by atoms with Gasteiger partial charge >= 0.3 is 0 Å². The van der Waals surface area contributed by atoms with E-state index in [1.807, 2.05) is 18.4 Å². The number of nitriles is 1. The molecule has 2 aromatic heterocycles. The fraction of sp³-hybridized carbons (Fsp3) is 0.111. The number of thiophene rings is 1. The molecular weight excluding hydrogens is 184 g/mol. The van der Waals surface area contributed by atoms with Crippen molar-refractivity contribution >= 4 is 21.6 Å². The van der Waals surface area contributed by atoms with E-state index < -0.39 is 0 Å². The molecule has 0 unspecified atom stereocenters. The van der Waals surface area contributed by atoms with Crippen LogP contribution in [0, 0.1) is 18.3 Å². The number of aromatic nitrogens is 1. The number of pyridine rings is 1. The van der Waals surface area contributed by atoms with E-state index >= 15 is 0 Å². The van der Waals surface area contributed by atoms with E-state index in [-0.39, 0.29) is 11.0 Å². The summed E-state index contributed by atoms with van der Waals surface area (Å²) >= 11 is 1.38. The zero-order chi connectivity index (χ0) is 9.42. The molecule has 2 heterocycles. The Morgan fingerprint density at radius 3 is 3.08 bits per heavy atom. The third-order valence-electron chi connectivity index (χ3n) is 1.91. The Morgan fingerprint density at radius 2 is 2.38 bits per heavy atom. The van der Waals surface area contributed by atoms with Gasteiger partial charge < -0.3 is 4.98 Å². The molecule has 0 atom stereocenters. The van der Waals surface area contributed by atoms with Crippen LogP contribution in [-0.2, 0) is 0 Å². The molecule has 0 fully saturated rings. The average molecular weight is 190 g/mol. The van der Waals surface area contributed by atoms with Gasteiger partial charge in [-0.15, -0.1) is 11.3 Å². The van der Waals surface area contributed by atoms with Crippen LogP contribution >= 0.6 is 11.3 Å². The van der Waals surface area contributed by atoms with Gasteiger partial charge in [-0.25, -0.2) is 0 Å². The molecule has 4 heteroatoms. The number of aromatic amines is 1. The van der Waals surface area contributed by atoms with E-state index in [1.54, 1.807) is 0 Å². The SMILES string of the molecule is Cc1csc2c(=O)c(C#N)c[nH]c12. The second-order valence-corrected chi connectivity index (χ2v) is 3.65. The largest absolute Gasteiger partial charge is 0.359 e. The van der Waals surface area contributed by atoms with Gasteiger partial charge in [0.25, 0.3) is 0 Å². The highest BCUT2D eigenvalue weighted by Crippen LogP contribution is 2.19. The standard InChI is InChI=1S/C9H6N2OS/c1-5-4-13-9-7(5)11-3-6(2-10)8(9)12/h3-4H,1H3,(H,11,12). The Hall–Kier alpha value is -1.60. The summed E-state index contributed by atoms with van der Waals surface area (Å²) in [4.78, 5) is 14.5. The number of rotatable bonds is 0. The first kappa shape index (κ1) is 8.02. The van der Waals surface area contributed by atoms with Crippen LogP contribution in [-0.4, -0.2) is 4.98 Å². The molecule has 64 valence electrons. The van der Waals surface area contributed by atoms with E-state index in [9.17, 15) is 4.79 Å². The molecule has 0 radical (unpaired) electrons. The first-order valence-electron chi connectivity index (χ1n) is 3.73. The monoisotopic (exact) mass is 190 g/mol. The quantitative estimate of drug-likeness (QED) is 0.688. The Balaban J connectivity index is 2.99. The van der Waals surface area contributed by atoms with E-state index in [0.717, 1.165) is 11.1 Å². The summed E-state index contributed by atoms with van der Waals surface area (Å²) in [6.45, 7) is 1.93. The maximum Gasteiger partial charge on any atom is 0.217 e. The number of hydrogen-bond acceptors (Lipinski definition) is 3. The van der Waals surface area contributed by atoms with Gasteiger partial charge in [-0.1, -0.05) is 0 Å². The van der Waals surface area contributed by atoms with Crippen LogP contribution in [0.1, 0.15) is 11.1 Å². The fourth-order valence-corrected chi connectivity index (χ4v) is 2.17. The molecule has 0 saturated carbocycles. The molecule has 0 bridgehead atoms. The molecule has 13 heavy (non-hydrogen) atoms. The lowest BCUT2D eigenvalue weighted by atomic mass is 10.2. The van der Waals surface area contributed by atoms with Crippen molar-refractivity contribution in [3.05, 3.63) is 32.9 Å². The average Bonchev–Trinajstić information content (AvgIpc) is 2.50. The van der Waals surface area contributed by atoms with Crippen molar-refractivity contribution in [3.8, 4) is 6.07 Å². The smallest absolute Gasteiger partial charge is 0.217 e. The number of aryl methyl sites for hydroxylation is 1. The van der Waals surface area contributed by atoms with Crippen LogP contribution in [0.15, 0.2) is 16.4 Å². The molecule has 0 aliphatic heterocycles. The van der Waals surface area contributed by atoms with Gasteiger partial charge in [0, 0.05) is 6.20 Å². The van der Waals surface area contributed by atoms with E-state index in [0.29, 0.717) is 4.70 Å². The minimum absolute atomic E-state index is 0.172. The summed E-state index contributed by atoms with van der Waals surface area (Å²) in [6.07, 6.45) is 1.46. The highest BCUT2D eigenvalue weighted by molar-refractivity contribution is 7.17. The van der Waals surface area contributed by atoms with Gasteiger partial charge in [0.05, 0.1) is 10.2 Å². The van der Waals surface area contributed by atoms with Crippen LogP contribution in [0.2, 0.25) is 0 Å². The topological polar surface area (TPSA) is 56.6 Å². The van der Waals surface area contributed by atoms with Crippen molar-refractivity contribution in [1.29, 1.82) is 5.26 Å². The predicted molar refractivity (Wildman–Crippen MR) is 51.9 cm³/mol. The lowest BCUT2D eigenvalue weighted by molar-refractivity contribution is 1.34. The first-order chi connectivity index (χ1) is 6.24. The third-order valence-corrected chi connectivity index (χ3v) is 3.00. The number of H-pyrrole nitrogens is 1. The van der Waals surface area contributed by atoms with Crippen LogP contribution in [0.25, 0.3) is 10.2 Å². The fourth-order valence-electron chi connectivity index (χ4n) is 1.21. The molecule has 2 rings (SSSR count). The van der Waals surface area contributed by atoms with Gasteiger partial charge in [-0.3, -0.25) is 4.79 Å². The van der Waals surface area contributed by atoms with E-state index in [4.69, 9.17) is 5.26 Å². The molecule has 0 saturated heterocycles. The molecule has 0 amide bonds. The minimum Gasteiger partial charge on any atom is -0.359 e. The second-order valence-electron chi connectivity index (χ2n) is 2.77. The summed E-state index contributed by atoms with van der Waals surface area (Å²) in [6, 6.07) is 1.86. The maximum absolute atomic E-state index is 11.5. The normalized spacial score (nSPS) is 10.2. The summed E-state index contributed by atoms with van der Waals surface area (Å²) in [5.41, 5.74) is 1.89. The molecular formula is C9H6N2OS.